The minimum Gasteiger partial charge on any atom is -0.481 e. The van der Waals surface area contributed by atoms with Crippen molar-refractivity contribution in [2.45, 2.75) is 20.6 Å². The van der Waals surface area contributed by atoms with Crippen LogP contribution in [0.5, 0.6) is 0 Å². The second-order valence-electron chi connectivity index (χ2n) is 3.72. The van der Waals surface area contributed by atoms with Crippen LogP contribution in [0, 0.1) is 11.3 Å². The number of carbonyl (C=O) groups is 1. The molecule has 102 valence electrons. The zero-order valence-electron chi connectivity index (χ0n) is 10.5. The standard InChI is InChI=1S/C13H10N2O2S3/c1-18-10-3-2-4-11(9(10)6-14)20-13-15-8(7-19-13)5-12(16)17/h2-4,7H,5H2,1H3,(H,16,17). The van der Waals surface area contributed by atoms with Crippen LogP contribution < -0.4 is 0 Å². The third-order valence-corrected chi connectivity index (χ3v) is 5.21. The van der Waals surface area contributed by atoms with Crippen LogP contribution in [0.3, 0.4) is 0 Å². The normalized spacial score (nSPS) is 10.2. The number of aliphatic carboxylic acids is 1. The fraction of sp³-hybridized carbons (Fsp3) is 0.154. The van der Waals surface area contributed by atoms with Crippen molar-refractivity contribution in [3.05, 3.63) is 34.8 Å². The number of aromatic nitrogens is 1. The third kappa shape index (κ3) is 3.54. The molecule has 0 bridgehead atoms. The van der Waals surface area contributed by atoms with Crippen LogP contribution in [0.25, 0.3) is 0 Å². The lowest BCUT2D eigenvalue weighted by molar-refractivity contribution is -0.136. The Morgan fingerprint density at radius 1 is 1.50 bits per heavy atom. The fourth-order valence-corrected chi connectivity index (χ4v) is 4.09. The second-order valence-corrected chi connectivity index (χ2v) is 6.72. The van der Waals surface area contributed by atoms with Gasteiger partial charge in [0.1, 0.15) is 6.07 Å². The van der Waals surface area contributed by atoms with Crippen molar-refractivity contribution in [3.63, 3.8) is 0 Å². The monoisotopic (exact) mass is 322 g/mol. The molecular formula is C13H10N2O2S3. The van der Waals surface area contributed by atoms with Crippen molar-refractivity contribution >= 4 is 40.8 Å². The summed E-state index contributed by atoms with van der Waals surface area (Å²) >= 11 is 4.31. The first-order chi connectivity index (χ1) is 9.63. The SMILES string of the molecule is CSc1cccc(Sc2nc(CC(=O)O)cs2)c1C#N. The molecule has 1 aromatic heterocycles. The molecule has 0 aliphatic heterocycles. The van der Waals surface area contributed by atoms with Crippen LogP contribution in [0.1, 0.15) is 11.3 Å². The van der Waals surface area contributed by atoms with E-state index in [-0.39, 0.29) is 6.42 Å². The van der Waals surface area contributed by atoms with Crippen molar-refractivity contribution in [1.29, 1.82) is 5.26 Å². The Balaban J connectivity index is 2.24. The van der Waals surface area contributed by atoms with Crippen molar-refractivity contribution in [2.24, 2.45) is 0 Å². The molecule has 0 radical (unpaired) electrons. The van der Waals surface area contributed by atoms with E-state index in [4.69, 9.17) is 5.11 Å². The Morgan fingerprint density at radius 3 is 2.90 bits per heavy atom. The minimum atomic E-state index is -0.894. The number of thiazole rings is 1. The maximum absolute atomic E-state index is 10.6. The summed E-state index contributed by atoms with van der Waals surface area (Å²) in [6, 6.07) is 7.90. The van der Waals surface area contributed by atoms with E-state index in [2.05, 4.69) is 11.1 Å². The average molecular weight is 322 g/mol. The van der Waals surface area contributed by atoms with Crippen molar-refractivity contribution < 1.29 is 9.90 Å². The summed E-state index contributed by atoms with van der Waals surface area (Å²) in [4.78, 5) is 16.7. The Hall–Kier alpha value is -1.49. The largest absolute Gasteiger partial charge is 0.481 e. The summed E-state index contributed by atoms with van der Waals surface area (Å²) in [6.07, 6.45) is 1.85. The minimum absolute atomic E-state index is 0.0764. The molecule has 1 aromatic carbocycles. The van der Waals surface area contributed by atoms with Gasteiger partial charge in [0.25, 0.3) is 0 Å². The number of carboxylic acid groups (broad SMARTS) is 1. The van der Waals surface area contributed by atoms with E-state index in [1.807, 2.05) is 24.5 Å². The third-order valence-electron chi connectivity index (χ3n) is 2.38. The molecule has 7 heteroatoms. The van der Waals surface area contributed by atoms with Gasteiger partial charge in [-0.2, -0.15) is 5.26 Å². The zero-order chi connectivity index (χ0) is 14.5. The second kappa shape index (κ2) is 6.79. The molecule has 0 saturated carbocycles. The number of hydrogen-bond acceptors (Lipinski definition) is 6. The molecular weight excluding hydrogens is 312 g/mol. The number of nitriles is 1. The van der Waals surface area contributed by atoms with Gasteiger partial charge in [0.15, 0.2) is 4.34 Å². The molecule has 0 amide bonds. The summed E-state index contributed by atoms with van der Waals surface area (Å²) in [6.45, 7) is 0. The zero-order valence-corrected chi connectivity index (χ0v) is 12.9. The van der Waals surface area contributed by atoms with Crippen molar-refractivity contribution in [1.82, 2.24) is 4.98 Å². The van der Waals surface area contributed by atoms with Gasteiger partial charge >= 0.3 is 5.97 Å². The van der Waals surface area contributed by atoms with E-state index >= 15 is 0 Å². The van der Waals surface area contributed by atoms with Gasteiger partial charge in [-0.05, 0) is 18.4 Å². The lowest BCUT2D eigenvalue weighted by Crippen LogP contribution is -1.99. The van der Waals surface area contributed by atoms with Crippen LogP contribution in [0.15, 0.2) is 37.7 Å². The number of benzene rings is 1. The fourth-order valence-electron chi connectivity index (χ4n) is 1.54. The van der Waals surface area contributed by atoms with Gasteiger partial charge in [-0.15, -0.1) is 23.1 Å². The van der Waals surface area contributed by atoms with E-state index in [1.54, 1.807) is 5.38 Å². The van der Waals surface area contributed by atoms with Crippen LogP contribution in [0.4, 0.5) is 0 Å². The van der Waals surface area contributed by atoms with E-state index in [0.717, 1.165) is 14.1 Å². The molecule has 2 aromatic rings. The highest BCUT2D eigenvalue weighted by molar-refractivity contribution is 8.01. The molecule has 1 N–H and O–H groups in total. The summed E-state index contributed by atoms with van der Waals surface area (Å²) in [5.41, 5.74) is 1.18. The first-order valence-corrected chi connectivity index (χ1v) is 8.47. The first kappa shape index (κ1) is 14.9. The molecule has 1 heterocycles. The molecule has 0 unspecified atom stereocenters. The Morgan fingerprint density at radius 2 is 2.25 bits per heavy atom. The molecule has 0 aliphatic carbocycles. The number of hydrogen-bond donors (Lipinski definition) is 1. The Bertz CT molecular complexity index is 676. The molecule has 0 aliphatic rings. The van der Waals surface area contributed by atoms with Crippen LogP contribution >= 0.6 is 34.9 Å². The molecule has 2 rings (SSSR count). The van der Waals surface area contributed by atoms with E-state index in [0.29, 0.717) is 11.3 Å². The highest BCUT2D eigenvalue weighted by Gasteiger charge is 2.12. The molecule has 0 saturated heterocycles. The predicted molar refractivity (Wildman–Crippen MR) is 80.5 cm³/mol. The van der Waals surface area contributed by atoms with Gasteiger partial charge in [-0.3, -0.25) is 4.79 Å². The van der Waals surface area contributed by atoms with Gasteiger partial charge in [0, 0.05) is 15.2 Å². The van der Waals surface area contributed by atoms with Crippen molar-refractivity contribution in [2.75, 3.05) is 6.26 Å². The van der Waals surface area contributed by atoms with Crippen LogP contribution in [-0.2, 0) is 11.2 Å². The smallest absolute Gasteiger partial charge is 0.309 e. The van der Waals surface area contributed by atoms with E-state index in [1.165, 1.54) is 34.9 Å². The molecule has 20 heavy (non-hydrogen) atoms. The number of nitrogens with zero attached hydrogens (tertiary/aromatic N) is 2. The van der Waals surface area contributed by atoms with Gasteiger partial charge in [0.2, 0.25) is 0 Å². The predicted octanol–water partition coefficient (Wildman–Crippen LogP) is 3.51. The highest BCUT2D eigenvalue weighted by Crippen LogP contribution is 2.35. The highest BCUT2D eigenvalue weighted by atomic mass is 32.2. The number of carboxylic acids is 1. The molecule has 0 fully saturated rings. The molecule has 0 spiro atoms. The van der Waals surface area contributed by atoms with E-state index in [9.17, 15) is 10.1 Å². The van der Waals surface area contributed by atoms with Gasteiger partial charge in [-0.25, -0.2) is 4.98 Å². The Labute approximate surface area is 128 Å². The molecule has 0 atom stereocenters. The Kier molecular flexibility index (Phi) is 5.06. The van der Waals surface area contributed by atoms with Gasteiger partial charge < -0.3 is 5.11 Å². The average Bonchev–Trinajstić information content (AvgIpc) is 2.84. The van der Waals surface area contributed by atoms with Gasteiger partial charge in [0.05, 0.1) is 17.7 Å². The first-order valence-electron chi connectivity index (χ1n) is 5.55. The summed E-state index contributed by atoms with van der Waals surface area (Å²) < 4.78 is 0.746. The van der Waals surface area contributed by atoms with Crippen molar-refractivity contribution in [3.8, 4) is 6.07 Å². The number of thioether (sulfide) groups is 1. The van der Waals surface area contributed by atoms with E-state index < -0.39 is 5.97 Å². The summed E-state index contributed by atoms with van der Waals surface area (Å²) in [5.74, 6) is -0.894. The quantitative estimate of drug-likeness (QED) is 0.849. The summed E-state index contributed by atoms with van der Waals surface area (Å²) in [7, 11) is 0. The van der Waals surface area contributed by atoms with Crippen LogP contribution in [-0.4, -0.2) is 22.3 Å². The van der Waals surface area contributed by atoms with Gasteiger partial charge in [-0.1, -0.05) is 17.8 Å². The maximum Gasteiger partial charge on any atom is 0.309 e. The molecule has 4 nitrogen and oxygen atoms in total. The maximum atomic E-state index is 10.6. The lowest BCUT2D eigenvalue weighted by atomic mass is 10.2. The topological polar surface area (TPSA) is 74.0 Å². The lowest BCUT2D eigenvalue weighted by Gasteiger charge is -2.05. The summed E-state index contributed by atoms with van der Waals surface area (Å²) in [5, 5.41) is 19.7. The number of rotatable bonds is 5. The van der Waals surface area contributed by atoms with Crippen LogP contribution in [0.2, 0.25) is 0 Å².